The monoisotopic (exact) mass is 658 g/mol. The van der Waals surface area contributed by atoms with E-state index in [4.69, 9.17) is 32.7 Å². The van der Waals surface area contributed by atoms with Crippen molar-refractivity contribution < 1.29 is 37.3 Å². The van der Waals surface area contributed by atoms with Crippen LogP contribution in [0.3, 0.4) is 0 Å². The van der Waals surface area contributed by atoms with Crippen LogP contribution in [-0.2, 0) is 63.7 Å². The first kappa shape index (κ1) is 33.7. The van der Waals surface area contributed by atoms with Crippen LogP contribution in [0.25, 0.3) is 0 Å². The van der Waals surface area contributed by atoms with Crippen molar-refractivity contribution in [3.8, 4) is 0 Å². The average molecular weight is 659 g/mol. The van der Waals surface area contributed by atoms with Crippen molar-refractivity contribution in [1.82, 2.24) is 0 Å². The second-order valence-corrected chi connectivity index (χ2v) is 13.8. The summed E-state index contributed by atoms with van der Waals surface area (Å²) in [4.78, 5) is 0. The van der Waals surface area contributed by atoms with Crippen molar-refractivity contribution in [3.05, 3.63) is 144 Å². The van der Waals surface area contributed by atoms with Gasteiger partial charge in [-0.25, -0.2) is 0 Å². The van der Waals surface area contributed by atoms with Gasteiger partial charge in [-0.15, -0.1) is 0 Å². The molecule has 2 saturated heterocycles. The summed E-state index contributed by atoms with van der Waals surface area (Å²) in [5.41, 5.74) is 4.06. The molecule has 4 aromatic carbocycles. The highest BCUT2D eigenvalue weighted by atomic mass is 31.2. The molecular formula is C38H43O8P. The number of hydrogen-bond acceptors (Lipinski definition) is 8. The largest absolute Gasteiger partial charge is 0.374 e. The predicted molar refractivity (Wildman–Crippen MR) is 179 cm³/mol. The van der Waals surface area contributed by atoms with E-state index in [1.165, 1.54) is 0 Å². The molecule has 0 radical (unpaired) electrons. The molecule has 47 heavy (non-hydrogen) atoms. The highest BCUT2D eigenvalue weighted by molar-refractivity contribution is 7.54. The molecule has 2 fully saturated rings. The zero-order chi connectivity index (χ0) is 32.3. The summed E-state index contributed by atoms with van der Waals surface area (Å²) in [7, 11) is -3.46. The first-order valence-electron chi connectivity index (χ1n) is 16.3. The minimum Gasteiger partial charge on any atom is -0.374 e. The molecule has 0 N–H and O–H groups in total. The molecule has 0 spiro atoms. The Hall–Kier alpha value is -3.17. The number of hydrogen-bond donors (Lipinski definition) is 0. The number of ether oxygens (including phenoxy) is 5. The Labute approximate surface area is 277 Å². The van der Waals surface area contributed by atoms with Crippen molar-refractivity contribution in [1.29, 1.82) is 0 Å². The van der Waals surface area contributed by atoms with Crippen LogP contribution in [-0.4, -0.2) is 56.0 Å². The molecule has 9 heteroatoms. The maximum Gasteiger partial charge on any atom is 0.333 e. The first-order valence-corrected chi connectivity index (χ1v) is 18.0. The second-order valence-electron chi connectivity index (χ2n) is 11.8. The molecular weight excluding hydrogens is 615 g/mol. The normalized spacial score (nSPS) is 27.3. The highest BCUT2D eigenvalue weighted by Gasteiger charge is 2.57. The summed E-state index contributed by atoms with van der Waals surface area (Å²) in [6, 6.07) is 39.9. The highest BCUT2D eigenvalue weighted by Crippen LogP contribution is 2.58. The van der Waals surface area contributed by atoms with Gasteiger partial charge in [-0.3, -0.25) is 9.09 Å². The number of benzene rings is 4. The summed E-state index contributed by atoms with van der Waals surface area (Å²) in [6.45, 7) is 3.61. The van der Waals surface area contributed by atoms with Crippen molar-refractivity contribution in [3.63, 3.8) is 0 Å². The van der Waals surface area contributed by atoms with E-state index >= 15 is 0 Å². The van der Waals surface area contributed by atoms with Gasteiger partial charge in [0.25, 0.3) is 0 Å². The van der Waals surface area contributed by atoms with Crippen molar-refractivity contribution in [2.75, 3.05) is 19.4 Å². The van der Waals surface area contributed by atoms with Gasteiger partial charge in [-0.1, -0.05) is 121 Å². The van der Waals surface area contributed by atoms with Gasteiger partial charge in [0.2, 0.25) is 0 Å². The Morgan fingerprint density at radius 2 is 1.06 bits per heavy atom. The van der Waals surface area contributed by atoms with E-state index in [1.807, 2.05) is 121 Å². The standard InChI is InChI=1S/C38H43O8P/c1-2-44-47(39)28-34-36(46-47)38(43-26-32-21-13-6-14-22-32)37(42-25-31-19-11-5-12-20-31)35(41-24-30-17-9-4-10-18-30)33(45-34)27-40-23-29-15-7-3-8-16-29/h3-22,33-38H,2,23-28H2,1H3/t33-,34+,35-,36-,37+,38+,47?/m1/s1. The molecule has 8 nitrogen and oxygen atoms in total. The maximum absolute atomic E-state index is 13.8. The number of fused-ring (bicyclic) bond motifs is 1. The Kier molecular flexibility index (Phi) is 12.0. The molecule has 7 atom stereocenters. The van der Waals surface area contributed by atoms with E-state index in [0.29, 0.717) is 26.4 Å². The average Bonchev–Trinajstić information content (AvgIpc) is 3.38. The van der Waals surface area contributed by atoms with Crippen LogP contribution in [0.1, 0.15) is 29.2 Å². The lowest BCUT2D eigenvalue weighted by molar-refractivity contribution is -0.184. The zero-order valence-corrected chi connectivity index (χ0v) is 27.6. The lowest BCUT2D eigenvalue weighted by Crippen LogP contribution is -2.51. The third-order valence-electron chi connectivity index (χ3n) is 8.32. The van der Waals surface area contributed by atoms with Gasteiger partial charge in [-0.05, 0) is 29.2 Å². The topological polar surface area (TPSA) is 81.7 Å². The van der Waals surface area contributed by atoms with Gasteiger partial charge in [0, 0.05) is 0 Å². The molecule has 2 aliphatic rings. The molecule has 6 rings (SSSR count). The van der Waals surface area contributed by atoms with Crippen LogP contribution in [0, 0.1) is 0 Å². The van der Waals surface area contributed by atoms with Gasteiger partial charge in [0.05, 0.1) is 51.9 Å². The van der Waals surface area contributed by atoms with E-state index in [0.717, 1.165) is 22.3 Å². The molecule has 0 saturated carbocycles. The summed E-state index contributed by atoms with van der Waals surface area (Å²) >= 11 is 0. The van der Waals surface area contributed by atoms with E-state index in [-0.39, 0.29) is 19.4 Å². The van der Waals surface area contributed by atoms with E-state index in [2.05, 4.69) is 0 Å². The molecule has 4 aromatic rings. The lowest BCUT2D eigenvalue weighted by atomic mass is 9.98. The van der Waals surface area contributed by atoms with Crippen LogP contribution >= 0.6 is 7.60 Å². The number of rotatable bonds is 15. The van der Waals surface area contributed by atoms with Gasteiger partial charge >= 0.3 is 7.60 Å². The Bertz CT molecular complexity index is 1520. The molecule has 248 valence electrons. The van der Waals surface area contributed by atoms with Crippen LogP contribution in [0.2, 0.25) is 0 Å². The van der Waals surface area contributed by atoms with Crippen LogP contribution in [0.15, 0.2) is 121 Å². The molecule has 1 unspecified atom stereocenters. The summed E-state index contributed by atoms with van der Waals surface area (Å²) in [5.74, 6) is 0. The summed E-state index contributed by atoms with van der Waals surface area (Å²) < 4.78 is 59.1. The third-order valence-corrected chi connectivity index (χ3v) is 10.3. The Morgan fingerprint density at radius 1 is 0.617 bits per heavy atom. The molecule has 0 aromatic heterocycles. The molecule has 2 heterocycles. The van der Waals surface area contributed by atoms with Gasteiger partial charge in [0.15, 0.2) is 0 Å². The second kappa shape index (κ2) is 16.8. The van der Waals surface area contributed by atoms with Crippen LogP contribution in [0.5, 0.6) is 0 Å². The van der Waals surface area contributed by atoms with Gasteiger partial charge < -0.3 is 28.2 Å². The molecule has 0 amide bonds. The van der Waals surface area contributed by atoms with Gasteiger partial charge in [0.1, 0.15) is 30.5 Å². The lowest BCUT2D eigenvalue weighted by Gasteiger charge is -2.36. The van der Waals surface area contributed by atoms with Gasteiger partial charge in [-0.2, -0.15) is 0 Å². The predicted octanol–water partition coefficient (Wildman–Crippen LogP) is 7.36. The van der Waals surface area contributed by atoms with E-state index < -0.39 is 44.2 Å². The fraction of sp³-hybridized carbons (Fsp3) is 0.368. The fourth-order valence-corrected chi connectivity index (χ4v) is 8.07. The Morgan fingerprint density at radius 3 is 1.55 bits per heavy atom. The molecule has 0 bridgehead atoms. The fourth-order valence-electron chi connectivity index (χ4n) is 6.06. The first-order chi connectivity index (χ1) is 23.1. The van der Waals surface area contributed by atoms with E-state index in [1.54, 1.807) is 6.92 Å². The quantitative estimate of drug-likeness (QED) is 0.123. The molecule has 0 aliphatic carbocycles. The zero-order valence-electron chi connectivity index (χ0n) is 26.7. The van der Waals surface area contributed by atoms with Crippen molar-refractivity contribution in [2.45, 2.75) is 70.0 Å². The van der Waals surface area contributed by atoms with Crippen molar-refractivity contribution >= 4 is 7.60 Å². The van der Waals surface area contributed by atoms with E-state index in [9.17, 15) is 4.57 Å². The van der Waals surface area contributed by atoms with Crippen LogP contribution in [0.4, 0.5) is 0 Å². The minimum absolute atomic E-state index is 0.0999. The summed E-state index contributed by atoms with van der Waals surface area (Å²) in [6.07, 6.45) is -3.78. The molecule has 2 aliphatic heterocycles. The van der Waals surface area contributed by atoms with Crippen LogP contribution < -0.4 is 0 Å². The summed E-state index contributed by atoms with van der Waals surface area (Å²) in [5, 5.41) is 0. The minimum atomic E-state index is -3.46. The third kappa shape index (κ3) is 9.26. The smallest absolute Gasteiger partial charge is 0.333 e. The Balaban J connectivity index is 1.35. The SMILES string of the molecule is CCOP1(=O)C[C@@H]2O[C@H](COCc3ccccc3)[C@@H](OCc3ccccc3)[C@H](OCc3ccccc3)[C@@H](OCc3ccccc3)[C@@H]2O1. The van der Waals surface area contributed by atoms with Crippen molar-refractivity contribution in [2.24, 2.45) is 0 Å². The maximum atomic E-state index is 13.8.